The van der Waals surface area contributed by atoms with Crippen molar-refractivity contribution in [2.45, 2.75) is 25.8 Å². The number of ether oxygens (including phenoxy) is 2. The number of aromatic nitrogens is 2. The van der Waals surface area contributed by atoms with Crippen LogP contribution in [-0.2, 0) is 16.1 Å². The van der Waals surface area contributed by atoms with Crippen molar-refractivity contribution in [1.82, 2.24) is 20.2 Å². The molecular weight excluding hydrogens is 420 g/mol. The zero-order valence-electron chi connectivity index (χ0n) is 17.1. The van der Waals surface area contributed by atoms with E-state index in [2.05, 4.69) is 21.7 Å². The molecule has 0 radical (unpaired) electrons. The molecule has 0 saturated carbocycles. The number of likely N-dealkylation sites (tertiary alicyclic amines) is 1. The molecule has 0 atom stereocenters. The van der Waals surface area contributed by atoms with E-state index in [0.717, 1.165) is 39.6 Å². The molecule has 7 nitrogen and oxygen atoms in total. The number of thiophene rings is 2. The molecule has 30 heavy (non-hydrogen) atoms. The van der Waals surface area contributed by atoms with Gasteiger partial charge < -0.3 is 14.8 Å². The van der Waals surface area contributed by atoms with E-state index in [4.69, 9.17) is 19.4 Å². The number of hydrogen-bond acceptors (Lipinski definition) is 8. The third kappa shape index (κ3) is 5.15. The summed E-state index contributed by atoms with van der Waals surface area (Å²) in [5.74, 6) is 1.04. The van der Waals surface area contributed by atoms with Crippen LogP contribution in [-0.4, -0.2) is 60.7 Å². The number of methoxy groups -OCH3 is 1. The van der Waals surface area contributed by atoms with E-state index >= 15 is 0 Å². The van der Waals surface area contributed by atoms with Crippen molar-refractivity contribution in [2.24, 2.45) is 0 Å². The van der Waals surface area contributed by atoms with Crippen molar-refractivity contribution in [3.05, 3.63) is 28.7 Å². The number of carbonyl (C=O) groups is 1. The van der Waals surface area contributed by atoms with E-state index in [1.807, 2.05) is 11.4 Å². The fourth-order valence-electron chi connectivity index (χ4n) is 3.54. The number of nitrogens with zero attached hydrogens (tertiary/aromatic N) is 3. The van der Waals surface area contributed by atoms with Crippen LogP contribution < -0.4 is 10.1 Å². The Morgan fingerprint density at radius 3 is 2.87 bits per heavy atom. The predicted molar refractivity (Wildman–Crippen MR) is 120 cm³/mol. The van der Waals surface area contributed by atoms with Crippen molar-refractivity contribution >= 4 is 38.8 Å². The highest BCUT2D eigenvalue weighted by Gasteiger charge is 2.20. The van der Waals surface area contributed by atoms with Gasteiger partial charge in [-0.1, -0.05) is 12.5 Å². The maximum absolute atomic E-state index is 12.1. The molecule has 0 unspecified atom stereocenters. The lowest BCUT2D eigenvalue weighted by Crippen LogP contribution is -2.32. The third-order valence-corrected chi connectivity index (χ3v) is 6.79. The van der Waals surface area contributed by atoms with Crippen molar-refractivity contribution < 1.29 is 14.3 Å². The van der Waals surface area contributed by atoms with Gasteiger partial charge in [0.2, 0.25) is 5.88 Å². The maximum Gasteiger partial charge on any atom is 0.258 e. The summed E-state index contributed by atoms with van der Waals surface area (Å²) in [7, 11) is 1.60. The van der Waals surface area contributed by atoms with Crippen LogP contribution in [0.3, 0.4) is 0 Å². The number of fused-ring (bicyclic) bond motifs is 1. The Hall–Kier alpha value is -2.07. The van der Waals surface area contributed by atoms with E-state index in [1.165, 1.54) is 19.3 Å². The second-order valence-corrected chi connectivity index (χ2v) is 9.03. The second kappa shape index (κ2) is 10.3. The van der Waals surface area contributed by atoms with Crippen LogP contribution in [0.2, 0.25) is 0 Å². The predicted octanol–water partition coefficient (Wildman–Crippen LogP) is 3.55. The molecule has 3 aromatic rings. The summed E-state index contributed by atoms with van der Waals surface area (Å²) in [6.45, 7) is 3.69. The van der Waals surface area contributed by atoms with Gasteiger partial charge in [0.25, 0.3) is 5.91 Å². The van der Waals surface area contributed by atoms with Gasteiger partial charge in [-0.3, -0.25) is 9.69 Å². The molecule has 9 heteroatoms. The highest BCUT2D eigenvalue weighted by atomic mass is 32.1. The fraction of sp³-hybridized carbons (Fsp3) is 0.476. The van der Waals surface area contributed by atoms with Gasteiger partial charge in [0, 0.05) is 29.5 Å². The first-order chi connectivity index (χ1) is 14.7. The molecule has 160 valence electrons. The second-order valence-electron chi connectivity index (χ2n) is 7.22. The zero-order valence-corrected chi connectivity index (χ0v) is 18.7. The topological polar surface area (TPSA) is 76.6 Å². The van der Waals surface area contributed by atoms with Crippen molar-refractivity contribution in [3.63, 3.8) is 0 Å². The molecule has 0 spiro atoms. The molecule has 1 fully saturated rings. The summed E-state index contributed by atoms with van der Waals surface area (Å²) in [4.78, 5) is 26.1. The Balaban J connectivity index is 1.59. The van der Waals surface area contributed by atoms with Crippen LogP contribution in [0.25, 0.3) is 20.7 Å². The molecule has 1 saturated heterocycles. The third-order valence-electron chi connectivity index (χ3n) is 5.02. The first kappa shape index (κ1) is 21.2. The van der Waals surface area contributed by atoms with E-state index in [-0.39, 0.29) is 12.5 Å². The summed E-state index contributed by atoms with van der Waals surface area (Å²) in [6.07, 6.45) is 3.72. The molecular formula is C21H26N4O3S2. The summed E-state index contributed by atoms with van der Waals surface area (Å²) < 4.78 is 10.9. The standard InChI is InChI=1S/C21H26N4O3S2/c1-27-10-7-22-18(26)13-28-20-19-15(16-6-5-11-29-16)14-30-21(19)24-17(23-20)12-25-8-3-2-4-9-25/h5-6,11,14H,2-4,7-10,12-13H2,1H3,(H,22,26). The number of hydrogen-bond donors (Lipinski definition) is 1. The first-order valence-corrected chi connectivity index (χ1v) is 11.9. The minimum Gasteiger partial charge on any atom is -0.467 e. The highest BCUT2D eigenvalue weighted by molar-refractivity contribution is 7.18. The van der Waals surface area contributed by atoms with Crippen LogP contribution in [0.1, 0.15) is 25.1 Å². The van der Waals surface area contributed by atoms with E-state index in [9.17, 15) is 4.79 Å². The quantitative estimate of drug-likeness (QED) is 0.507. The van der Waals surface area contributed by atoms with Crippen LogP contribution in [0.5, 0.6) is 5.88 Å². The first-order valence-electron chi connectivity index (χ1n) is 10.2. The van der Waals surface area contributed by atoms with Gasteiger partial charge in [-0.25, -0.2) is 4.98 Å². The highest BCUT2D eigenvalue weighted by Crippen LogP contribution is 2.39. The Kier molecular flexibility index (Phi) is 7.27. The Bertz CT molecular complexity index is 968. The summed E-state index contributed by atoms with van der Waals surface area (Å²) >= 11 is 3.26. The minimum atomic E-state index is -0.190. The monoisotopic (exact) mass is 446 g/mol. The lowest BCUT2D eigenvalue weighted by Gasteiger charge is -2.25. The Morgan fingerprint density at radius 2 is 2.10 bits per heavy atom. The van der Waals surface area contributed by atoms with Crippen LogP contribution in [0.4, 0.5) is 0 Å². The number of rotatable bonds is 9. The van der Waals surface area contributed by atoms with Gasteiger partial charge in [0.1, 0.15) is 10.7 Å². The van der Waals surface area contributed by atoms with Gasteiger partial charge >= 0.3 is 0 Å². The van der Waals surface area contributed by atoms with Crippen molar-refractivity contribution in [1.29, 1.82) is 0 Å². The largest absolute Gasteiger partial charge is 0.467 e. The number of amides is 1. The van der Waals surface area contributed by atoms with Gasteiger partial charge in [0.15, 0.2) is 6.61 Å². The Labute approximate surface area is 184 Å². The average Bonchev–Trinajstić information content (AvgIpc) is 3.43. The fourth-order valence-corrected chi connectivity index (χ4v) is 5.31. The zero-order chi connectivity index (χ0) is 20.8. The van der Waals surface area contributed by atoms with Crippen LogP contribution >= 0.6 is 22.7 Å². The van der Waals surface area contributed by atoms with Crippen LogP contribution in [0.15, 0.2) is 22.9 Å². The molecule has 1 aliphatic heterocycles. The molecule has 1 aliphatic rings. The van der Waals surface area contributed by atoms with Gasteiger partial charge in [-0.15, -0.1) is 22.7 Å². The van der Waals surface area contributed by atoms with Crippen LogP contribution in [0, 0.1) is 0 Å². The van der Waals surface area contributed by atoms with Gasteiger partial charge in [0.05, 0.1) is 18.5 Å². The van der Waals surface area contributed by atoms with Gasteiger partial charge in [-0.05, 0) is 37.4 Å². The molecule has 0 bridgehead atoms. The number of nitrogens with one attached hydrogen (secondary N) is 1. The smallest absolute Gasteiger partial charge is 0.258 e. The molecule has 0 aliphatic carbocycles. The summed E-state index contributed by atoms with van der Waals surface area (Å²) in [6, 6.07) is 4.11. The minimum absolute atomic E-state index is 0.0846. The van der Waals surface area contributed by atoms with E-state index in [1.54, 1.807) is 29.8 Å². The lowest BCUT2D eigenvalue weighted by molar-refractivity contribution is -0.123. The van der Waals surface area contributed by atoms with Crippen molar-refractivity contribution in [2.75, 3.05) is 40.0 Å². The molecule has 3 aromatic heterocycles. The summed E-state index contributed by atoms with van der Waals surface area (Å²) in [5, 5.41) is 7.81. The van der Waals surface area contributed by atoms with E-state index in [0.29, 0.717) is 25.6 Å². The number of carbonyl (C=O) groups excluding carboxylic acids is 1. The average molecular weight is 447 g/mol. The SMILES string of the molecule is COCCNC(=O)COc1nc(CN2CCCCC2)nc2scc(-c3cccs3)c12. The maximum atomic E-state index is 12.1. The number of piperidine rings is 1. The Morgan fingerprint density at radius 1 is 1.23 bits per heavy atom. The van der Waals surface area contributed by atoms with Gasteiger partial charge in [-0.2, -0.15) is 4.98 Å². The van der Waals surface area contributed by atoms with E-state index < -0.39 is 0 Å². The molecule has 4 rings (SSSR count). The lowest BCUT2D eigenvalue weighted by atomic mass is 10.1. The molecule has 0 aromatic carbocycles. The normalized spacial score (nSPS) is 14.8. The molecule has 4 heterocycles. The molecule has 1 N–H and O–H groups in total. The summed E-state index contributed by atoms with van der Waals surface area (Å²) in [5.41, 5.74) is 1.06. The van der Waals surface area contributed by atoms with Crippen molar-refractivity contribution in [3.8, 4) is 16.3 Å². The molecule has 1 amide bonds.